The van der Waals surface area contributed by atoms with E-state index in [-0.39, 0.29) is 30.8 Å². The molecule has 2 unspecified atom stereocenters. The van der Waals surface area contributed by atoms with Crippen molar-refractivity contribution in [3.63, 3.8) is 0 Å². The summed E-state index contributed by atoms with van der Waals surface area (Å²) in [7, 11) is 0. The quantitative estimate of drug-likeness (QED) is 0.397. The van der Waals surface area contributed by atoms with E-state index in [1.54, 1.807) is 0 Å². The minimum atomic E-state index is -0.797. The lowest BCUT2D eigenvalue weighted by molar-refractivity contribution is -0.150. The first-order valence-electron chi connectivity index (χ1n) is 11.4. The smallest absolute Gasteiger partial charge is 0.309 e. The Kier molecular flexibility index (Phi) is 10.3. The van der Waals surface area contributed by atoms with Gasteiger partial charge in [-0.3, -0.25) is 9.59 Å². The maximum Gasteiger partial charge on any atom is 0.309 e. The van der Waals surface area contributed by atoms with E-state index in [9.17, 15) is 9.59 Å². The molecule has 0 saturated heterocycles. The SMILES string of the molecule is CCC(CC(CCC(=O)O)Cc1ccccc1)C(=O)OCc1ccc(CC(C)C)cc1. The van der Waals surface area contributed by atoms with Gasteiger partial charge in [0.1, 0.15) is 6.61 Å². The highest BCUT2D eigenvalue weighted by Gasteiger charge is 2.24. The molecule has 4 heteroatoms. The Morgan fingerprint density at radius 1 is 0.903 bits per heavy atom. The summed E-state index contributed by atoms with van der Waals surface area (Å²) in [6.45, 7) is 6.66. The van der Waals surface area contributed by atoms with Crippen molar-refractivity contribution in [3.8, 4) is 0 Å². The van der Waals surface area contributed by atoms with Gasteiger partial charge in [-0.05, 0) is 60.6 Å². The van der Waals surface area contributed by atoms with Gasteiger partial charge in [-0.15, -0.1) is 0 Å². The normalized spacial score (nSPS) is 13.0. The van der Waals surface area contributed by atoms with Gasteiger partial charge in [0.15, 0.2) is 0 Å². The van der Waals surface area contributed by atoms with Crippen LogP contribution in [0.25, 0.3) is 0 Å². The van der Waals surface area contributed by atoms with E-state index in [1.807, 2.05) is 37.3 Å². The number of hydrogen-bond acceptors (Lipinski definition) is 3. The fraction of sp³-hybridized carbons (Fsp3) is 0.481. The molecule has 4 nitrogen and oxygen atoms in total. The summed E-state index contributed by atoms with van der Waals surface area (Å²) in [6, 6.07) is 18.3. The zero-order valence-electron chi connectivity index (χ0n) is 19.0. The molecule has 31 heavy (non-hydrogen) atoms. The first kappa shape index (κ1) is 24.6. The summed E-state index contributed by atoms with van der Waals surface area (Å²) in [5.41, 5.74) is 3.45. The van der Waals surface area contributed by atoms with Crippen LogP contribution in [-0.2, 0) is 33.8 Å². The summed E-state index contributed by atoms with van der Waals surface area (Å²) in [6.07, 6.45) is 3.82. The van der Waals surface area contributed by atoms with Crippen molar-refractivity contribution in [1.82, 2.24) is 0 Å². The molecule has 0 radical (unpaired) electrons. The monoisotopic (exact) mass is 424 g/mol. The number of ether oxygens (including phenoxy) is 1. The number of aliphatic carboxylic acids is 1. The minimum Gasteiger partial charge on any atom is -0.481 e. The fourth-order valence-corrected chi connectivity index (χ4v) is 3.93. The van der Waals surface area contributed by atoms with Crippen LogP contribution in [0.2, 0.25) is 0 Å². The molecule has 168 valence electrons. The molecule has 0 spiro atoms. The van der Waals surface area contributed by atoms with Gasteiger partial charge >= 0.3 is 11.9 Å². The highest BCUT2D eigenvalue weighted by atomic mass is 16.5. The molecule has 0 heterocycles. The van der Waals surface area contributed by atoms with Crippen LogP contribution in [0.3, 0.4) is 0 Å². The third kappa shape index (κ3) is 9.37. The molecule has 0 aliphatic heterocycles. The van der Waals surface area contributed by atoms with E-state index in [4.69, 9.17) is 9.84 Å². The molecule has 0 saturated carbocycles. The first-order chi connectivity index (χ1) is 14.9. The standard InChI is InChI=1S/C27H36O4/c1-4-25(18-24(14-15-26(28)29)17-21-8-6-5-7-9-21)27(30)31-19-23-12-10-22(11-13-23)16-20(2)3/h5-13,20,24-25H,4,14-19H2,1-3H3,(H,28,29). The van der Waals surface area contributed by atoms with Crippen LogP contribution < -0.4 is 0 Å². The van der Waals surface area contributed by atoms with Crippen LogP contribution in [0.5, 0.6) is 0 Å². The van der Waals surface area contributed by atoms with Crippen LogP contribution in [0.4, 0.5) is 0 Å². The Balaban J connectivity index is 1.93. The zero-order chi connectivity index (χ0) is 22.6. The second-order valence-electron chi connectivity index (χ2n) is 8.85. The number of rotatable bonds is 13. The van der Waals surface area contributed by atoms with Gasteiger partial charge in [-0.1, -0.05) is 75.4 Å². The Morgan fingerprint density at radius 3 is 2.10 bits per heavy atom. The number of hydrogen-bond donors (Lipinski definition) is 1. The van der Waals surface area contributed by atoms with Crippen molar-refractivity contribution < 1.29 is 19.4 Å². The summed E-state index contributed by atoms with van der Waals surface area (Å²) in [5, 5.41) is 9.12. The highest BCUT2D eigenvalue weighted by molar-refractivity contribution is 5.72. The molecule has 1 N–H and O–H groups in total. The zero-order valence-corrected chi connectivity index (χ0v) is 19.0. The number of carboxylic acids is 1. The lowest BCUT2D eigenvalue weighted by atomic mass is 9.85. The Bertz CT molecular complexity index is 796. The van der Waals surface area contributed by atoms with E-state index in [0.29, 0.717) is 25.2 Å². The van der Waals surface area contributed by atoms with Crippen LogP contribution in [-0.4, -0.2) is 17.0 Å². The average molecular weight is 425 g/mol. The number of benzene rings is 2. The van der Waals surface area contributed by atoms with Gasteiger partial charge < -0.3 is 9.84 Å². The first-order valence-corrected chi connectivity index (χ1v) is 11.4. The Labute approximate surface area is 186 Å². The minimum absolute atomic E-state index is 0.117. The topological polar surface area (TPSA) is 63.6 Å². The Morgan fingerprint density at radius 2 is 1.52 bits per heavy atom. The lowest BCUT2D eigenvalue weighted by Crippen LogP contribution is -2.22. The van der Waals surface area contributed by atoms with Crippen LogP contribution >= 0.6 is 0 Å². The van der Waals surface area contributed by atoms with Crippen LogP contribution in [0.15, 0.2) is 54.6 Å². The second-order valence-corrected chi connectivity index (χ2v) is 8.85. The van der Waals surface area contributed by atoms with Crippen molar-refractivity contribution in [2.24, 2.45) is 17.8 Å². The summed E-state index contributed by atoms with van der Waals surface area (Å²) < 4.78 is 5.62. The molecule has 0 aliphatic rings. The van der Waals surface area contributed by atoms with Crippen LogP contribution in [0, 0.1) is 17.8 Å². The van der Waals surface area contributed by atoms with Crippen molar-refractivity contribution in [2.45, 2.75) is 65.9 Å². The fourth-order valence-electron chi connectivity index (χ4n) is 3.93. The van der Waals surface area contributed by atoms with Crippen LogP contribution in [0.1, 0.15) is 63.1 Å². The number of esters is 1. The summed E-state index contributed by atoms with van der Waals surface area (Å²) in [5.74, 6) is -0.468. The molecule has 0 amide bonds. The van der Waals surface area contributed by atoms with Gasteiger partial charge in [0.2, 0.25) is 0 Å². The van der Waals surface area contributed by atoms with Gasteiger partial charge in [0.25, 0.3) is 0 Å². The number of carbonyl (C=O) groups excluding carboxylic acids is 1. The van der Waals surface area contributed by atoms with Gasteiger partial charge in [0.05, 0.1) is 5.92 Å². The predicted octanol–water partition coefficient (Wildman–Crippen LogP) is 6.07. The number of carbonyl (C=O) groups is 2. The molecular formula is C27H36O4. The summed E-state index contributed by atoms with van der Waals surface area (Å²) in [4.78, 5) is 23.8. The van der Waals surface area contributed by atoms with Gasteiger partial charge in [0, 0.05) is 6.42 Å². The maximum atomic E-state index is 12.7. The van der Waals surface area contributed by atoms with E-state index in [1.165, 1.54) is 11.1 Å². The third-order valence-electron chi connectivity index (χ3n) is 5.63. The molecular weight excluding hydrogens is 388 g/mol. The molecule has 0 bridgehead atoms. The van der Waals surface area contributed by atoms with Crippen molar-refractivity contribution in [3.05, 3.63) is 71.3 Å². The van der Waals surface area contributed by atoms with Crippen molar-refractivity contribution >= 4 is 11.9 Å². The van der Waals surface area contributed by atoms with Gasteiger partial charge in [-0.2, -0.15) is 0 Å². The Hall–Kier alpha value is -2.62. The average Bonchev–Trinajstić information content (AvgIpc) is 2.75. The van der Waals surface area contributed by atoms with E-state index >= 15 is 0 Å². The molecule has 2 aromatic carbocycles. The molecule has 2 aromatic rings. The van der Waals surface area contributed by atoms with E-state index in [0.717, 1.165) is 18.4 Å². The number of carboxylic acid groups (broad SMARTS) is 1. The lowest BCUT2D eigenvalue weighted by Gasteiger charge is -2.22. The summed E-state index contributed by atoms with van der Waals surface area (Å²) >= 11 is 0. The molecule has 0 aliphatic carbocycles. The molecule has 2 atom stereocenters. The molecule has 0 fully saturated rings. The van der Waals surface area contributed by atoms with E-state index in [2.05, 4.69) is 38.1 Å². The van der Waals surface area contributed by atoms with Gasteiger partial charge in [-0.25, -0.2) is 0 Å². The van der Waals surface area contributed by atoms with E-state index < -0.39 is 5.97 Å². The second kappa shape index (κ2) is 12.9. The largest absolute Gasteiger partial charge is 0.481 e. The van der Waals surface area contributed by atoms with Crippen molar-refractivity contribution in [2.75, 3.05) is 0 Å². The molecule has 2 rings (SSSR count). The molecule has 0 aromatic heterocycles. The predicted molar refractivity (Wildman–Crippen MR) is 124 cm³/mol. The highest BCUT2D eigenvalue weighted by Crippen LogP contribution is 2.25. The maximum absolute atomic E-state index is 12.7. The third-order valence-corrected chi connectivity index (χ3v) is 5.63. The van der Waals surface area contributed by atoms with Crippen molar-refractivity contribution in [1.29, 1.82) is 0 Å².